The van der Waals surface area contributed by atoms with Gasteiger partial charge in [-0.15, -0.1) is 0 Å². The summed E-state index contributed by atoms with van der Waals surface area (Å²) in [6.45, 7) is 10.6. The highest BCUT2D eigenvalue weighted by Crippen LogP contribution is 2.26. The zero-order valence-corrected chi connectivity index (χ0v) is 21.9. The average Bonchev–Trinajstić information content (AvgIpc) is 3.21. The van der Waals surface area contributed by atoms with Gasteiger partial charge in [0.1, 0.15) is 12.1 Å². The molecule has 3 atom stereocenters. The van der Waals surface area contributed by atoms with Crippen LogP contribution in [-0.4, -0.2) is 67.5 Å². The molecule has 0 saturated carbocycles. The maximum absolute atomic E-state index is 14.0. The summed E-state index contributed by atoms with van der Waals surface area (Å²) in [5, 5.41) is 12.4. The Morgan fingerprint density at radius 2 is 1.86 bits per heavy atom. The summed E-state index contributed by atoms with van der Waals surface area (Å²) >= 11 is 0. The number of carbonyl (C=O) groups excluding carboxylic acids is 2. The van der Waals surface area contributed by atoms with Crippen molar-refractivity contribution >= 4 is 17.9 Å². The van der Waals surface area contributed by atoms with Crippen molar-refractivity contribution in [3.63, 3.8) is 0 Å². The SMILES string of the molecule is Cc1[nH]cnc1CN1C(=O)[C@H](Cc2ccccc2)N(C(=O)N[C@@H](CC(C)C)C(=O)O)C[C@@H]1CC(C)C. The Labute approximate surface area is 213 Å². The van der Waals surface area contributed by atoms with E-state index in [9.17, 15) is 19.5 Å². The number of amides is 3. The standard InChI is InChI=1S/C27H39N5O4/c1-17(2)11-21-14-32(27(36)30-22(26(34)35)12-18(3)4)24(13-20-9-7-6-8-10-20)25(33)31(21)15-23-19(5)28-16-29-23/h6-10,16-18,21-22,24H,11-15H2,1-5H3,(H,28,29)(H,30,36)(H,34,35)/t21-,22-,24-/m0/s1. The highest BCUT2D eigenvalue weighted by atomic mass is 16.4. The third kappa shape index (κ3) is 6.86. The second-order valence-electron chi connectivity index (χ2n) is 10.6. The van der Waals surface area contributed by atoms with Gasteiger partial charge in [-0.05, 0) is 37.2 Å². The molecule has 1 fully saturated rings. The number of rotatable bonds is 10. The second-order valence-corrected chi connectivity index (χ2v) is 10.6. The molecule has 9 heteroatoms. The maximum Gasteiger partial charge on any atom is 0.326 e. The van der Waals surface area contributed by atoms with Crippen LogP contribution in [0.3, 0.4) is 0 Å². The van der Waals surface area contributed by atoms with E-state index in [0.29, 0.717) is 38.3 Å². The number of carboxylic acids is 1. The van der Waals surface area contributed by atoms with Gasteiger partial charge in [0.15, 0.2) is 0 Å². The molecule has 1 aliphatic rings. The molecule has 2 aromatic rings. The number of aromatic nitrogens is 2. The van der Waals surface area contributed by atoms with E-state index in [0.717, 1.165) is 17.0 Å². The van der Waals surface area contributed by atoms with Crippen molar-refractivity contribution in [1.29, 1.82) is 0 Å². The smallest absolute Gasteiger partial charge is 0.326 e. The van der Waals surface area contributed by atoms with Gasteiger partial charge in [0.25, 0.3) is 0 Å². The quantitative estimate of drug-likeness (QED) is 0.463. The van der Waals surface area contributed by atoms with E-state index in [-0.39, 0.29) is 17.9 Å². The van der Waals surface area contributed by atoms with Crippen molar-refractivity contribution < 1.29 is 19.5 Å². The van der Waals surface area contributed by atoms with Crippen molar-refractivity contribution in [3.8, 4) is 0 Å². The zero-order chi connectivity index (χ0) is 26.4. The summed E-state index contributed by atoms with van der Waals surface area (Å²) in [5.74, 6) is -0.831. The number of benzene rings is 1. The third-order valence-electron chi connectivity index (χ3n) is 6.63. The fourth-order valence-corrected chi connectivity index (χ4v) is 4.80. The van der Waals surface area contributed by atoms with E-state index in [1.165, 1.54) is 0 Å². The zero-order valence-electron chi connectivity index (χ0n) is 21.9. The molecule has 1 aromatic heterocycles. The number of aryl methyl sites for hydroxylation is 1. The van der Waals surface area contributed by atoms with Crippen LogP contribution in [0.4, 0.5) is 4.79 Å². The van der Waals surface area contributed by atoms with Gasteiger partial charge in [0, 0.05) is 18.7 Å². The third-order valence-corrected chi connectivity index (χ3v) is 6.63. The highest BCUT2D eigenvalue weighted by Gasteiger charge is 2.43. The lowest BCUT2D eigenvalue weighted by Crippen LogP contribution is -2.66. The van der Waals surface area contributed by atoms with E-state index in [2.05, 4.69) is 29.1 Å². The first-order valence-electron chi connectivity index (χ1n) is 12.7. The molecule has 1 aliphatic heterocycles. The largest absolute Gasteiger partial charge is 0.480 e. The first-order valence-corrected chi connectivity index (χ1v) is 12.7. The normalized spacial score (nSPS) is 19.1. The first kappa shape index (κ1) is 27.2. The Morgan fingerprint density at radius 1 is 1.17 bits per heavy atom. The Kier molecular flexibility index (Phi) is 9.12. The second kappa shape index (κ2) is 12.1. The van der Waals surface area contributed by atoms with Gasteiger partial charge in [0.2, 0.25) is 5.91 Å². The van der Waals surface area contributed by atoms with Gasteiger partial charge in [-0.1, -0.05) is 58.0 Å². The Bertz CT molecular complexity index is 1040. The number of urea groups is 1. The number of nitrogens with zero attached hydrogens (tertiary/aromatic N) is 3. The van der Waals surface area contributed by atoms with Crippen LogP contribution in [0.25, 0.3) is 0 Å². The molecule has 3 N–H and O–H groups in total. The van der Waals surface area contributed by atoms with E-state index in [1.54, 1.807) is 11.2 Å². The number of aromatic amines is 1. The van der Waals surface area contributed by atoms with Crippen LogP contribution in [0.15, 0.2) is 36.7 Å². The van der Waals surface area contributed by atoms with E-state index < -0.39 is 24.1 Å². The summed E-state index contributed by atoms with van der Waals surface area (Å²) < 4.78 is 0. The molecule has 1 saturated heterocycles. The molecule has 36 heavy (non-hydrogen) atoms. The molecule has 0 bridgehead atoms. The van der Waals surface area contributed by atoms with Gasteiger partial charge in [0.05, 0.1) is 24.6 Å². The van der Waals surface area contributed by atoms with E-state index >= 15 is 0 Å². The van der Waals surface area contributed by atoms with E-state index in [4.69, 9.17) is 0 Å². The molecule has 0 aliphatic carbocycles. The minimum Gasteiger partial charge on any atom is -0.480 e. The fraction of sp³-hybridized carbons (Fsp3) is 0.556. The van der Waals surface area contributed by atoms with Crippen LogP contribution in [0.2, 0.25) is 0 Å². The number of piperazine rings is 1. The number of hydrogen-bond acceptors (Lipinski definition) is 4. The Hall–Kier alpha value is -3.36. The van der Waals surface area contributed by atoms with Crippen LogP contribution in [-0.2, 0) is 22.6 Å². The van der Waals surface area contributed by atoms with Gasteiger partial charge in [-0.25, -0.2) is 14.6 Å². The molecule has 196 valence electrons. The van der Waals surface area contributed by atoms with Crippen molar-refractivity contribution in [2.45, 2.75) is 78.6 Å². The number of carbonyl (C=O) groups is 3. The first-order chi connectivity index (χ1) is 17.1. The fourth-order valence-electron chi connectivity index (χ4n) is 4.80. The lowest BCUT2D eigenvalue weighted by atomic mass is 9.94. The number of hydrogen-bond donors (Lipinski definition) is 3. The summed E-state index contributed by atoms with van der Waals surface area (Å²) in [6.07, 6.45) is 3.00. The topological polar surface area (TPSA) is 119 Å². The molecule has 3 amide bonds. The van der Waals surface area contributed by atoms with Gasteiger partial charge < -0.3 is 25.2 Å². The molecule has 1 aromatic carbocycles. The van der Waals surface area contributed by atoms with Crippen LogP contribution >= 0.6 is 0 Å². The van der Waals surface area contributed by atoms with Crippen LogP contribution in [0.1, 0.15) is 57.5 Å². The van der Waals surface area contributed by atoms with Gasteiger partial charge in [-0.2, -0.15) is 0 Å². The molecule has 2 heterocycles. The molecule has 3 rings (SSSR count). The van der Waals surface area contributed by atoms with E-state index in [1.807, 2.05) is 56.0 Å². The van der Waals surface area contributed by atoms with Crippen molar-refractivity contribution in [2.24, 2.45) is 11.8 Å². The monoisotopic (exact) mass is 497 g/mol. The maximum atomic E-state index is 14.0. The minimum atomic E-state index is -1.07. The Morgan fingerprint density at radius 3 is 2.42 bits per heavy atom. The van der Waals surface area contributed by atoms with Crippen LogP contribution in [0, 0.1) is 18.8 Å². The van der Waals surface area contributed by atoms with Crippen molar-refractivity contribution in [1.82, 2.24) is 25.1 Å². The number of aliphatic carboxylic acids is 1. The Balaban J connectivity index is 1.94. The summed E-state index contributed by atoms with van der Waals surface area (Å²) in [5.41, 5.74) is 2.64. The molecule has 0 spiro atoms. The predicted octanol–water partition coefficient (Wildman–Crippen LogP) is 3.60. The van der Waals surface area contributed by atoms with Crippen LogP contribution < -0.4 is 5.32 Å². The molecule has 9 nitrogen and oxygen atoms in total. The lowest BCUT2D eigenvalue weighted by molar-refractivity contribution is -0.145. The number of imidazole rings is 1. The molecular formula is C27H39N5O4. The highest BCUT2D eigenvalue weighted by molar-refractivity contribution is 5.90. The number of nitrogens with one attached hydrogen (secondary N) is 2. The number of carboxylic acid groups (broad SMARTS) is 1. The average molecular weight is 498 g/mol. The number of H-pyrrole nitrogens is 1. The molecule has 0 radical (unpaired) electrons. The summed E-state index contributed by atoms with van der Waals surface area (Å²) in [6, 6.07) is 7.11. The summed E-state index contributed by atoms with van der Waals surface area (Å²) in [4.78, 5) is 50.3. The van der Waals surface area contributed by atoms with Gasteiger partial charge >= 0.3 is 12.0 Å². The minimum absolute atomic E-state index is 0.0933. The van der Waals surface area contributed by atoms with Crippen molar-refractivity contribution in [3.05, 3.63) is 53.6 Å². The van der Waals surface area contributed by atoms with Crippen LogP contribution in [0.5, 0.6) is 0 Å². The lowest BCUT2D eigenvalue weighted by Gasteiger charge is -2.46. The van der Waals surface area contributed by atoms with Gasteiger partial charge in [-0.3, -0.25) is 4.79 Å². The van der Waals surface area contributed by atoms with Crippen molar-refractivity contribution in [2.75, 3.05) is 6.54 Å². The summed E-state index contributed by atoms with van der Waals surface area (Å²) in [7, 11) is 0. The molecular weight excluding hydrogens is 458 g/mol. The molecule has 0 unspecified atom stereocenters. The predicted molar refractivity (Wildman–Crippen MR) is 137 cm³/mol.